The summed E-state index contributed by atoms with van der Waals surface area (Å²) >= 11 is 0. The first kappa shape index (κ1) is 19.5. The number of urea groups is 1. The third kappa shape index (κ3) is 3.15. The van der Waals surface area contributed by atoms with E-state index in [4.69, 9.17) is 9.15 Å². The number of hydrogen-bond acceptors (Lipinski definition) is 8. The van der Waals surface area contributed by atoms with Crippen molar-refractivity contribution in [2.75, 3.05) is 19.0 Å². The molecule has 2 aromatic heterocycles. The van der Waals surface area contributed by atoms with Crippen LogP contribution in [-0.2, 0) is 16.9 Å². The number of aromatic nitrogens is 2. The summed E-state index contributed by atoms with van der Waals surface area (Å²) in [7, 11) is 1.53. The number of carbonyl (C=O) groups excluding carboxylic acids is 3. The molecule has 1 aliphatic carbocycles. The molecule has 0 bridgehead atoms. The van der Waals surface area contributed by atoms with Crippen molar-refractivity contribution in [1.29, 1.82) is 0 Å². The quantitative estimate of drug-likeness (QED) is 0.482. The Morgan fingerprint density at radius 1 is 1.27 bits per heavy atom. The Morgan fingerprint density at radius 3 is 2.85 bits per heavy atom. The molecule has 1 saturated carbocycles. The van der Waals surface area contributed by atoms with Crippen molar-refractivity contribution in [3.05, 3.63) is 47.3 Å². The zero-order valence-corrected chi connectivity index (χ0v) is 17.7. The van der Waals surface area contributed by atoms with E-state index in [0.717, 1.165) is 18.4 Å². The van der Waals surface area contributed by atoms with Crippen LogP contribution >= 0.6 is 0 Å². The summed E-state index contributed by atoms with van der Waals surface area (Å²) in [4.78, 5) is 48.5. The lowest BCUT2D eigenvalue weighted by Crippen LogP contribution is -2.52. The minimum absolute atomic E-state index is 0.110. The van der Waals surface area contributed by atoms with Gasteiger partial charge in [-0.15, -0.1) is 0 Å². The molecule has 6 rings (SSSR count). The fraction of sp³-hybridized carbons (Fsp3) is 0.318. The topological polar surface area (TPSA) is 139 Å². The van der Waals surface area contributed by atoms with Crippen molar-refractivity contribution in [2.45, 2.75) is 31.0 Å². The normalized spacial score (nSPS) is 21.8. The number of benzene rings is 1. The monoisotopic (exact) mass is 448 g/mol. The van der Waals surface area contributed by atoms with Crippen LogP contribution in [0.25, 0.3) is 11.1 Å². The average Bonchev–Trinajstić information content (AvgIpc) is 3.31. The molecule has 0 radical (unpaired) electrons. The van der Waals surface area contributed by atoms with E-state index in [0.29, 0.717) is 35.2 Å². The SMILES string of the molecule is COc1ccc2c(c1)C(=O)N(C[C@@]1(c3cc4cnc(NC5CC5)nc4o3)NC(=O)NC1=O)C2. The molecule has 3 N–H and O–H groups in total. The minimum atomic E-state index is -1.59. The van der Waals surface area contributed by atoms with E-state index in [-0.39, 0.29) is 23.9 Å². The predicted molar refractivity (Wildman–Crippen MR) is 115 cm³/mol. The second-order valence-electron chi connectivity index (χ2n) is 8.48. The molecule has 1 saturated heterocycles. The largest absolute Gasteiger partial charge is 0.497 e. The summed E-state index contributed by atoms with van der Waals surface area (Å²) in [6, 6.07) is 6.59. The predicted octanol–water partition coefficient (Wildman–Crippen LogP) is 1.50. The molecule has 1 aromatic carbocycles. The summed E-state index contributed by atoms with van der Waals surface area (Å²) in [6.07, 6.45) is 3.74. The van der Waals surface area contributed by atoms with Gasteiger partial charge in [0.25, 0.3) is 11.8 Å². The number of amides is 4. The highest BCUT2D eigenvalue weighted by Gasteiger charge is 2.53. The zero-order valence-electron chi connectivity index (χ0n) is 17.7. The maximum Gasteiger partial charge on any atom is 0.322 e. The third-order valence-electron chi connectivity index (χ3n) is 6.17. The van der Waals surface area contributed by atoms with Crippen molar-refractivity contribution in [3.8, 4) is 5.75 Å². The first-order chi connectivity index (χ1) is 15.9. The summed E-state index contributed by atoms with van der Waals surface area (Å²) in [5.74, 6) is 0.331. The molecule has 168 valence electrons. The highest BCUT2D eigenvalue weighted by molar-refractivity contribution is 6.08. The number of rotatable bonds is 6. The highest BCUT2D eigenvalue weighted by Crippen LogP contribution is 2.35. The third-order valence-corrected chi connectivity index (χ3v) is 6.17. The number of anilines is 1. The Bertz CT molecular complexity index is 1330. The first-order valence-corrected chi connectivity index (χ1v) is 10.6. The minimum Gasteiger partial charge on any atom is -0.497 e. The van der Waals surface area contributed by atoms with Gasteiger partial charge in [0, 0.05) is 24.3 Å². The molecule has 0 unspecified atom stereocenters. The molecule has 4 amide bonds. The lowest BCUT2D eigenvalue weighted by Gasteiger charge is -2.28. The van der Waals surface area contributed by atoms with Crippen LogP contribution in [0.4, 0.5) is 10.7 Å². The molecule has 1 atom stereocenters. The molecule has 3 aromatic rings. The van der Waals surface area contributed by atoms with Crippen LogP contribution in [0.2, 0.25) is 0 Å². The number of fused-ring (bicyclic) bond motifs is 2. The summed E-state index contributed by atoms with van der Waals surface area (Å²) < 4.78 is 11.2. The van der Waals surface area contributed by atoms with E-state index in [9.17, 15) is 14.4 Å². The van der Waals surface area contributed by atoms with Gasteiger partial charge < -0.3 is 24.7 Å². The molecule has 2 fully saturated rings. The van der Waals surface area contributed by atoms with E-state index >= 15 is 0 Å². The van der Waals surface area contributed by atoms with Crippen molar-refractivity contribution in [2.24, 2.45) is 0 Å². The number of imide groups is 1. The summed E-state index contributed by atoms with van der Waals surface area (Å²) in [5, 5.41) is 8.73. The molecule has 33 heavy (non-hydrogen) atoms. The Balaban J connectivity index is 1.36. The maximum absolute atomic E-state index is 13.1. The van der Waals surface area contributed by atoms with Crippen LogP contribution in [-0.4, -0.2) is 52.4 Å². The van der Waals surface area contributed by atoms with Gasteiger partial charge in [0.2, 0.25) is 11.7 Å². The van der Waals surface area contributed by atoms with Crippen molar-refractivity contribution in [1.82, 2.24) is 25.5 Å². The number of methoxy groups -OCH3 is 1. The lowest BCUT2D eigenvalue weighted by molar-refractivity contribution is -0.125. The number of carbonyl (C=O) groups is 3. The van der Waals surface area contributed by atoms with Crippen LogP contribution in [0.15, 0.2) is 34.9 Å². The molecule has 3 aliphatic rings. The number of nitrogens with zero attached hydrogens (tertiary/aromatic N) is 3. The molecule has 11 nitrogen and oxygen atoms in total. The van der Waals surface area contributed by atoms with Gasteiger partial charge in [-0.3, -0.25) is 14.9 Å². The van der Waals surface area contributed by atoms with Crippen LogP contribution in [0.5, 0.6) is 5.75 Å². The van der Waals surface area contributed by atoms with Crippen LogP contribution in [0.1, 0.15) is 34.5 Å². The second-order valence-corrected chi connectivity index (χ2v) is 8.48. The maximum atomic E-state index is 13.1. The van der Waals surface area contributed by atoms with E-state index in [1.807, 2.05) is 6.07 Å². The van der Waals surface area contributed by atoms with E-state index in [1.165, 1.54) is 12.0 Å². The first-order valence-electron chi connectivity index (χ1n) is 10.6. The Hall–Kier alpha value is -4.15. The number of hydrogen-bond donors (Lipinski definition) is 3. The molecule has 4 heterocycles. The van der Waals surface area contributed by atoms with Gasteiger partial charge in [-0.2, -0.15) is 4.98 Å². The summed E-state index contributed by atoms with van der Waals surface area (Å²) in [6.45, 7) is 0.180. The van der Waals surface area contributed by atoms with Gasteiger partial charge >= 0.3 is 6.03 Å². The molecule has 0 spiro atoms. The molecular weight excluding hydrogens is 428 g/mol. The molecule has 11 heteroatoms. The second kappa shape index (κ2) is 6.92. The Morgan fingerprint density at radius 2 is 2.12 bits per heavy atom. The van der Waals surface area contributed by atoms with E-state index in [1.54, 1.807) is 24.4 Å². The van der Waals surface area contributed by atoms with Gasteiger partial charge in [-0.05, 0) is 36.6 Å². The fourth-order valence-corrected chi connectivity index (χ4v) is 4.26. The van der Waals surface area contributed by atoms with Gasteiger partial charge in [0.05, 0.1) is 19.0 Å². The standard InChI is InChI=1S/C22H20N6O5/c1-32-14-5-2-11-9-28(18(29)15(11)7-14)10-22(19(30)26-21(31)27-22)16-6-12-8-23-20(24-13-3-4-13)25-17(12)33-16/h2,5-8,13H,3-4,9-10H2,1H3,(H,23,24,25)(H2,26,27,30,31)/t22-/m0/s1. The summed E-state index contributed by atoms with van der Waals surface area (Å²) in [5.41, 5.74) is 0.00797. The van der Waals surface area contributed by atoms with Crippen LogP contribution < -0.4 is 20.7 Å². The lowest BCUT2D eigenvalue weighted by atomic mass is 9.95. The van der Waals surface area contributed by atoms with Gasteiger partial charge in [0.15, 0.2) is 5.54 Å². The van der Waals surface area contributed by atoms with Gasteiger partial charge in [-0.25, -0.2) is 9.78 Å². The number of nitrogens with one attached hydrogen (secondary N) is 3. The van der Waals surface area contributed by atoms with Crippen molar-refractivity contribution < 1.29 is 23.5 Å². The molecular formula is C22H20N6O5. The van der Waals surface area contributed by atoms with Gasteiger partial charge in [-0.1, -0.05) is 6.07 Å². The van der Waals surface area contributed by atoms with Gasteiger partial charge in [0.1, 0.15) is 11.5 Å². The highest BCUT2D eigenvalue weighted by atomic mass is 16.5. The van der Waals surface area contributed by atoms with Crippen LogP contribution in [0, 0.1) is 0 Å². The fourth-order valence-electron chi connectivity index (χ4n) is 4.26. The van der Waals surface area contributed by atoms with Crippen LogP contribution in [0.3, 0.4) is 0 Å². The Labute approximate surface area is 187 Å². The Kier molecular flexibility index (Phi) is 4.10. The number of ether oxygens (including phenoxy) is 1. The molecule has 2 aliphatic heterocycles. The van der Waals surface area contributed by atoms with Crippen molar-refractivity contribution >= 4 is 34.9 Å². The van der Waals surface area contributed by atoms with Crippen molar-refractivity contribution in [3.63, 3.8) is 0 Å². The zero-order chi connectivity index (χ0) is 22.7. The average molecular weight is 448 g/mol. The number of furan rings is 1. The van der Waals surface area contributed by atoms with E-state index in [2.05, 4.69) is 25.9 Å². The van der Waals surface area contributed by atoms with E-state index < -0.39 is 17.5 Å². The smallest absolute Gasteiger partial charge is 0.322 e.